The predicted octanol–water partition coefficient (Wildman–Crippen LogP) is 2.22. The van der Waals surface area contributed by atoms with Crippen LogP contribution in [0.25, 0.3) is 0 Å². The van der Waals surface area contributed by atoms with Crippen LogP contribution in [0.5, 0.6) is 0 Å². The fourth-order valence-electron chi connectivity index (χ4n) is 5.74. The molecule has 6 atom stereocenters. The Morgan fingerprint density at radius 2 is 1.94 bits per heavy atom. The lowest BCUT2D eigenvalue weighted by atomic mass is 9.79. The summed E-state index contributed by atoms with van der Waals surface area (Å²) in [4.78, 5) is 43.8. The number of hydrogen-bond donors (Lipinski definition) is 2. The molecule has 0 bridgehead atoms. The number of carboxylic acids is 1. The molecule has 9 heteroatoms. The van der Waals surface area contributed by atoms with Crippen LogP contribution in [0.1, 0.15) is 37.0 Å². The zero-order valence-corrected chi connectivity index (χ0v) is 22.0. The van der Waals surface area contributed by atoms with Crippen LogP contribution in [0.2, 0.25) is 0 Å². The van der Waals surface area contributed by atoms with Crippen molar-refractivity contribution < 1.29 is 24.6 Å². The third-order valence-electron chi connectivity index (χ3n) is 7.79. The van der Waals surface area contributed by atoms with Crippen LogP contribution >= 0.6 is 11.8 Å². The van der Waals surface area contributed by atoms with E-state index in [1.807, 2.05) is 13.0 Å². The van der Waals surface area contributed by atoms with Gasteiger partial charge >= 0.3 is 5.97 Å². The maximum Gasteiger partial charge on any atom is 0.353 e. The average Bonchev–Trinajstić information content (AvgIpc) is 3.27. The second-order valence-electron chi connectivity index (χ2n) is 10.3. The van der Waals surface area contributed by atoms with Crippen molar-refractivity contribution in [3.63, 3.8) is 0 Å². The van der Waals surface area contributed by atoms with Crippen molar-refractivity contribution in [1.82, 2.24) is 14.7 Å². The summed E-state index contributed by atoms with van der Waals surface area (Å²) in [5.41, 5.74) is 3.65. The SMILES string of the molecule is Cc1cccc(CN2C[C@@H](SC3=C(C(=O)O)N4C(=O)[C@H]([C@@H](C)O)[C@H]4[C@H]3C)C[C@H]2C(=O)N(C)C)c1C. The average molecular weight is 502 g/mol. The topological polar surface area (TPSA) is 101 Å². The quantitative estimate of drug-likeness (QED) is 0.553. The Morgan fingerprint density at radius 1 is 1.26 bits per heavy atom. The molecule has 3 heterocycles. The van der Waals surface area contributed by atoms with Crippen LogP contribution in [-0.4, -0.2) is 86.8 Å². The van der Waals surface area contributed by atoms with E-state index >= 15 is 0 Å². The summed E-state index contributed by atoms with van der Waals surface area (Å²) in [6.45, 7) is 8.98. The standard InChI is InChI=1S/C26H35N3O5S/c1-13-8-7-9-17(14(13)2)11-28-12-18(10-19(28)24(31)27(5)6)35-23-15(3)21-20(16(4)30)25(32)29(21)22(23)26(33)34/h7-9,15-16,18-21,30H,10-12H2,1-6H3,(H,33,34)/t15-,16-,18+,19+,20-,21-/m1/s1. The number of nitrogens with zero attached hydrogens (tertiary/aromatic N) is 3. The first-order valence-corrected chi connectivity index (χ1v) is 13.0. The molecule has 0 saturated carbocycles. The molecule has 3 aliphatic heterocycles. The Labute approximate surface area is 210 Å². The van der Waals surface area contributed by atoms with Gasteiger partial charge in [0.15, 0.2) is 0 Å². The number of aryl methyl sites for hydroxylation is 1. The first kappa shape index (κ1) is 25.7. The molecule has 0 unspecified atom stereocenters. The van der Waals surface area contributed by atoms with Crippen molar-refractivity contribution in [1.29, 1.82) is 0 Å². The molecule has 190 valence electrons. The van der Waals surface area contributed by atoms with Gasteiger partial charge in [-0.25, -0.2) is 4.79 Å². The lowest BCUT2D eigenvalue weighted by molar-refractivity contribution is -0.163. The predicted molar refractivity (Wildman–Crippen MR) is 134 cm³/mol. The molecular formula is C26H35N3O5S. The van der Waals surface area contributed by atoms with Gasteiger partial charge in [0.25, 0.3) is 0 Å². The minimum absolute atomic E-state index is 0.0135. The number of aliphatic hydroxyl groups is 1. The maximum absolute atomic E-state index is 13.1. The van der Waals surface area contributed by atoms with Crippen LogP contribution in [0.3, 0.4) is 0 Å². The lowest BCUT2D eigenvalue weighted by Crippen LogP contribution is -2.63. The fraction of sp³-hybridized carbons (Fsp3) is 0.577. The molecular weight excluding hydrogens is 466 g/mol. The number of hydrogen-bond acceptors (Lipinski definition) is 6. The smallest absolute Gasteiger partial charge is 0.353 e. The third-order valence-corrected chi connectivity index (χ3v) is 9.28. The van der Waals surface area contributed by atoms with Gasteiger partial charge in [-0.05, 0) is 43.9 Å². The van der Waals surface area contributed by atoms with Gasteiger partial charge < -0.3 is 20.0 Å². The number of rotatable bonds is 7. The molecule has 0 aromatic heterocycles. The highest BCUT2D eigenvalue weighted by molar-refractivity contribution is 8.03. The van der Waals surface area contributed by atoms with Crippen molar-refractivity contribution in [3.05, 3.63) is 45.5 Å². The second kappa shape index (κ2) is 9.59. The minimum atomic E-state index is -1.12. The van der Waals surface area contributed by atoms with E-state index in [0.717, 1.165) is 0 Å². The zero-order chi connectivity index (χ0) is 25.8. The number of fused-ring (bicyclic) bond motifs is 1. The molecule has 8 nitrogen and oxygen atoms in total. The van der Waals surface area contributed by atoms with Crippen molar-refractivity contribution >= 4 is 29.5 Å². The van der Waals surface area contributed by atoms with E-state index in [9.17, 15) is 24.6 Å². The van der Waals surface area contributed by atoms with Crippen molar-refractivity contribution in [2.75, 3.05) is 20.6 Å². The highest BCUT2D eigenvalue weighted by Gasteiger charge is 2.60. The number of aliphatic carboxylic acids is 1. The van der Waals surface area contributed by atoms with E-state index in [2.05, 4.69) is 30.9 Å². The summed E-state index contributed by atoms with van der Waals surface area (Å²) >= 11 is 1.49. The van der Waals surface area contributed by atoms with Gasteiger partial charge in [0.2, 0.25) is 11.8 Å². The number of carbonyl (C=O) groups excluding carboxylic acids is 2. The molecule has 2 N–H and O–H groups in total. The molecule has 2 fully saturated rings. The lowest BCUT2D eigenvalue weighted by Gasteiger charge is -2.46. The highest BCUT2D eigenvalue weighted by atomic mass is 32.2. The van der Waals surface area contributed by atoms with Crippen molar-refractivity contribution in [2.24, 2.45) is 11.8 Å². The van der Waals surface area contributed by atoms with E-state index < -0.39 is 18.0 Å². The van der Waals surface area contributed by atoms with Gasteiger partial charge in [0.1, 0.15) is 5.70 Å². The van der Waals surface area contributed by atoms with Gasteiger partial charge in [-0.1, -0.05) is 25.1 Å². The number of likely N-dealkylation sites (tertiary alicyclic amines) is 1. The number of aliphatic hydroxyl groups excluding tert-OH is 1. The van der Waals surface area contributed by atoms with Crippen LogP contribution in [0.15, 0.2) is 28.8 Å². The molecule has 0 radical (unpaired) electrons. The number of carboxylic acid groups (broad SMARTS) is 1. The monoisotopic (exact) mass is 501 g/mol. The summed E-state index contributed by atoms with van der Waals surface area (Å²) in [5, 5.41) is 20.1. The number of likely N-dealkylation sites (N-methyl/N-ethyl adjacent to an activating group) is 1. The number of amides is 2. The highest BCUT2D eigenvalue weighted by Crippen LogP contribution is 2.52. The van der Waals surface area contributed by atoms with E-state index in [1.165, 1.54) is 33.4 Å². The minimum Gasteiger partial charge on any atom is -0.477 e. The molecule has 0 spiro atoms. The Morgan fingerprint density at radius 3 is 2.54 bits per heavy atom. The number of thioether (sulfide) groups is 1. The summed E-state index contributed by atoms with van der Waals surface area (Å²) < 4.78 is 0. The van der Waals surface area contributed by atoms with Crippen LogP contribution in [0.4, 0.5) is 0 Å². The fourth-order valence-corrected chi connectivity index (χ4v) is 7.29. The van der Waals surface area contributed by atoms with Gasteiger partial charge in [-0.2, -0.15) is 0 Å². The van der Waals surface area contributed by atoms with Gasteiger partial charge in [0.05, 0.1) is 24.1 Å². The Bertz CT molecular complexity index is 1080. The largest absolute Gasteiger partial charge is 0.477 e. The van der Waals surface area contributed by atoms with E-state index in [1.54, 1.807) is 25.9 Å². The Hall–Kier alpha value is -2.36. The van der Waals surface area contributed by atoms with E-state index in [-0.39, 0.29) is 40.8 Å². The first-order valence-electron chi connectivity index (χ1n) is 12.1. The number of benzene rings is 1. The number of β-lactam (4-membered cyclic amide) rings is 1. The zero-order valence-electron chi connectivity index (χ0n) is 21.2. The van der Waals surface area contributed by atoms with Crippen LogP contribution in [-0.2, 0) is 20.9 Å². The molecule has 1 aromatic carbocycles. The maximum atomic E-state index is 13.1. The molecule has 2 amide bonds. The molecule has 35 heavy (non-hydrogen) atoms. The van der Waals surface area contributed by atoms with E-state index in [0.29, 0.717) is 24.4 Å². The van der Waals surface area contributed by atoms with Crippen molar-refractivity contribution in [2.45, 2.75) is 64.1 Å². The summed E-state index contributed by atoms with van der Waals surface area (Å²) in [6.07, 6.45) is -0.221. The van der Waals surface area contributed by atoms with Crippen LogP contribution in [0, 0.1) is 25.7 Å². The summed E-state index contributed by atoms with van der Waals surface area (Å²) in [7, 11) is 3.52. The molecule has 0 aliphatic carbocycles. The molecule has 3 aliphatic rings. The molecule has 1 aromatic rings. The second-order valence-corrected chi connectivity index (χ2v) is 11.6. The van der Waals surface area contributed by atoms with Crippen molar-refractivity contribution in [3.8, 4) is 0 Å². The van der Waals surface area contributed by atoms with Gasteiger partial charge in [0, 0.05) is 43.3 Å². The van der Waals surface area contributed by atoms with Crippen LogP contribution < -0.4 is 0 Å². The number of carbonyl (C=O) groups is 3. The first-order chi connectivity index (χ1) is 16.4. The van der Waals surface area contributed by atoms with Gasteiger partial charge in [-0.3, -0.25) is 14.5 Å². The molecule has 2 saturated heterocycles. The summed E-state index contributed by atoms with van der Waals surface area (Å²) in [5.74, 6) is -2.17. The summed E-state index contributed by atoms with van der Waals surface area (Å²) in [6, 6.07) is 5.58. The molecule has 4 rings (SSSR count). The van der Waals surface area contributed by atoms with E-state index in [4.69, 9.17) is 0 Å². The Balaban J connectivity index is 1.59. The normalized spacial score (nSPS) is 29.3. The Kier molecular flexibility index (Phi) is 7.05. The van der Waals surface area contributed by atoms with Gasteiger partial charge in [-0.15, -0.1) is 11.8 Å². The third kappa shape index (κ3) is 4.38.